The van der Waals surface area contributed by atoms with Crippen LogP contribution in [-0.4, -0.2) is 32.1 Å². The lowest BCUT2D eigenvalue weighted by molar-refractivity contribution is 0.102. The highest BCUT2D eigenvalue weighted by Gasteiger charge is 2.18. The summed E-state index contributed by atoms with van der Waals surface area (Å²) in [5.74, 6) is -0.192. The molecule has 126 valence electrons. The van der Waals surface area contributed by atoms with Crippen LogP contribution in [0.2, 0.25) is 5.02 Å². The van der Waals surface area contributed by atoms with Crippen molar-refractivity contribution < 1.29 is 4.79 Å². The van der Waals surface area contributed by atoms with Crippen molar-refractivity contribution in [2.45, 2.75) is 18.9 Å². The second kappa shape index (κ2) is 7.69. The van der Waals surface area contributed by atoms with Crippen molar-refractivity contribution in [2.75, 3.05) is 30.4 Å². The topological polar surface area (TPSA) is 44.4 Å². The SMILES string of the molecule is CN(c1cccc(NC(=O)c2ccccc2Cl)c1)C1CCNCC1. The van der Waals surface area contributed by atoms with Gasteiger partial charge in [-0.05, 0) is 56.3 Å². The molecule has 2 aromatic rings. The largest absolute Gasteiger partial charge is 0.371 e. The summed E-state index contributed by atoms with van der Waals surface area (Å²) in [7, 11) is 2.12. The minimum atomic E-state index is -0.192. The fourth-order valence-electron chi connectivity index (χ4n) is 3.05. The Hall–Kier alpha value is -2.04. The molecule has 0 atom stereocenters. The van der Waals surface area contributed by atoms with Crippen molar-refractivity contribution in [1.82, 2.24) is 5.32 Å². The number of carbonyl (C=O) groups is 1. The predicted octanol–water partition coefficient (Wildman–Crippen LogP) is 3.78. The molecule has 0 bridgehead atoms. The maximum atomic E-state index is 12.4. The number of amides is 1. The molecule has 24 heavy (non-hydrogen) atoms. The van der Waals surface area contributed by atoms with Crippen LogP contribution in [0.15, 0.2) is 48.5 Å². The number of nitrogens with one attached hydrogen (secondary N) is 2. The third-order valence-corrected chi connectivity index (χ3v) is 4.82. The Morgan fingerprint density at radius 3 is 2.67 bits per heavy atom. The fourth-order valence-corrected chi connectivity index (χ4v) is 3.27. The molecule has 1 saturated heterocycles. The van der Waals surface area contributed by atoms with E-state index in [-0.39, 0.29) is 5.91 Å². The minimum absolute atomic E-state index is 0.192. The van der Waals surface area contributed by atoms with E-state index in [2.05, 4.69) is 28.6 Å². The summed E-state index contributed by atoms with van der Waals surface area (Å²) in [5.41, 5.74) is 2.37. The Morgan fingerprint density at radius 2 is 1.92 bits per heavy atom. The van der Waals surface area contributed by atoms with Crippen LogP contribution < -0.4 is 15.5 Å². The van der Waals surface area contributed by atoms with Crippen LogP contribution in [0.1, 0.15) is 23.2 Å². The van der Waals surface area contributed by atoms with Gasteiger partial charge in [-0.25, -0.2) is 0 Å². The molecule has 5 heteroatoms. The zero-order valence-corrected chi connectivity index (χ0v) is 14.5. The lowest BCUT2D eigenvalue weighted by atomic mass is 10.0. The number of carbonyl (C=O) groups excluding carboxylic acids is 1. The smallest absolute Gasteiger partial charge is 0.257 e. The summed E-state index contributed by atoms with van der Waals surface area (Å²) in [4.78, 5) is 14.7. The summed E-state index contributed by atoms with van der Waals surface area (Å²) in [6, 6.07) is 15.5. The maximum Gasteiger partial charge on any atom is 0.257 e. The van der Waals surface area contributed by atoms with Crippen molar-refractivity contribution in [3.05, 3.63) is 59.1 Å². The monoisotopic (exact) mass is 343 g/mol. The van der Waals surface area contributed by atoms with Gasteiger partial charge in [-0.15, -0.1) is 0 Å². The number of anilines is 2. The minimum Gasteiger partial charge on any atom is -0.371 e. The third kappa shape index (κ3) is 3.89. The Kier molecular flexibility index (Phi) is 5.38. The van der Waals surface area contributed by atoms with Crippen LogP contribution in [0.5, 0.6) is 0 Å². The summed E-state index contributed by atoms with van der Waals surface area (Å²) in [5, 5.41) is 6.78. The number of benzene rings is 2. The molecule has 0 spiro atoms. The van der Waals surface area contributed by atoms with Crippen LogP contribution >= 0.6 is 11.6 Å². The number of rotatable bonds is 4. The summed E-state index contributed by atoms with van der Waals surface area (Å²) in [6.07, 6.45) is 2.26. The molecule has 1 aliphatic rings. The van der Waals surface area contributed by atoms with Crippen LogP contribution in [0.4, 0.5) is 11.4 Å². The number of hydrogen-bond acceptors (Lipinski definition) is 3. The van der Waals surface area contributed by atoms with Gasteiger partial charge >= 0.3 is 0 Å². The molecule has 0 aliphatic carbocycles. The molecular weight excluding hydrogens is 322 g/mol. The quantitative estimate of drug-likeness (QED) is 0.888. The lowest BCUT2D eigenvalue weighted by Crippen LogP contribution is -2.41. The molecular formula is C19H22ClN3O. The van der Waals surface area contributed by atoms with E-state index in [0.717, 1.165) is 37.3 Å². The van der Waals surface area contributed by atoms with Crippen molar-refractivity contribution >= 4 is 28.9 Å². The average Bonchev–Trinajstić information content (AvgIpc) is 2.62. The lowest BCUT2D eigenvalue weighted by Gasteiger charge is -2.33. The number of hydrogen-bond donors (Lipinski definition) is 2. The second-order valence-corrected chi connectivity index (χ2v) is 6.48. The first-order valence-corrected chi connectivity index (χ1v) is 8.62. The van der Waals surface area contributed by atoms with E-state index in [0.29, 0.717) is 16.6 Å². The van der Waals surface area contributed by atoms with E-state index in [9.17, 15) is 4.79 Å². The number of piperidine rings is 1. The zero-order chi connectivity index (χ0) is 16.9. The molecule has 2 N–H and O–H groups in total. The number of halogens is 1. The highest BCUT2D eigenvalue weighted by Crippen LogP contribution is 2.24. The van der Waals surface area contributed by atoms with E-state index in [1.165, 1.54) is 0 Å². The molecule has 1 amide bonds. The zero-order valence-electron chi connectivity index (χ0n) is 13.8. The highest BCUT2D eigenvalue weighted by molar-refractivity contribution is 6.34. The Balaban J connectivity index is 1.73. The first-order chi connectivity index (χ1) is 11.6. The van der Waals surface area contributed by atoms with Gasteiger partial charge in [0.15, 0.2) is 0 Å². The fraction of sp³-hybridized carbons (Fsp3) is 0.316. The summed E-state index contributed by atoms with van der Waals surface area (Å²) >= 11 is 6.09. The van der Waals surface area contributed by atoms with Crippen LogP contribution in [0.25, 0.3) is 0 Å². The van der Waals surface area contributed by atoms with Crippen molar-refractivity contribution in [2.24, 2.45) is 0 Å². The van der Waals surface area contributed by atoms with E-state index >= 15 is 0 Å². The van der Waals surface area contributed by atoms with Crippen LogP contribution in [0, 0.1) is 0 Å². The van der Waals surface area contributed by atoms with Crippen molar-refractivity contribution in [3.63, 3.8) is 0 Å². The molecule has 1 aliphatic heterocycles. The number of nitrogens with zero attached hydrogens (tertiary/aromatic N) is 1. The summed E-state index contributed by atoms with van der Waals surface area (Å²) < 4.78 is 0. The molecule has 1 heterocycles. The van der Waals surface area contributed by atoms with Gasteiger partial charge in [-0.1, -0.05) is 29.8 Å². The Morgan fingerprint density at radius 1 is 1.17 bits per heavy atom. The molecule has 0 saturated carbocycles. The molecule has 4 nitrogen and oxygen atoms in total. The van der Waals surface area contributed by atoms with E-state index in [1.807, 2.05) is 30.3 Å². The van der Waals surface area contributed by atoms with Gasteiger partial charge in [0.1, 0.15) is 0 Å². The maximum absolute atomic E-state index is 12.4. The average molecular weight is 344 g/mol. The Labute approximate surface area is 147 Å². The first-order valence-electron chi connectivity index (χ1n) is 8.24. The highest BCUT2D eigenvalue weighted by atomic mass is 35.5. The van der Waals surface area contributed by atoms with Crippen LogP contribution in [-0.2, 0) is 0 Å². The van der Waals surface area contributed by atoms with E-state index in [4.69, 9.17) is 11.6 Å². The molecule has 1 fully saturated rings. The van der Waals surface area contributed by atoms with Crippen molar-refractivity contribution in [1.29, 1.82) is 0 Å². The van der Waals surface area contributed by atoms with E-state index in [1.54, 1.807) is 12.1 Å². The standard InChI is InChI=1S/C19H22ClN3O/c1-23(15-9-11-21-12-10-15)16-6-4-5-14(13-16)22-19(24)17-7-2-3-8-18(17)20/h2-8,13,15,21H,9-12H2,1H3,(H,22,24). The Bertz CT molecular complexity index is 713. The van der Waals surface area contributed by atoms with Gasteiger partial charge in [0.2, 0.25) is 0 Å². The van der Waals surface area contributed by atoms with E-state index < -0.39 is 0 Å². The first kappa shape index (κ1) is 16.8. The molecule has 0 radical (unpaired) electrons. The molecule has 2 aromatic carbocycles. The van der Waals surface area contributed by atoms with Gasteiger partial charge in [0.25, 0.3) is 5.91 Å². The van der Waals surface area contributed by atoms with Gasteiger partial charge in [0.05, 0.1) is 10.6 Å². The third-order valence-electron chi connectivity index (χ3n) is 4.49. The van der Waals surface area contributed by atoms with Crippen molar-refractivity contribution in [3.8, 4) is 0 Å². The molecule has 3 rings (SSSR count). The van der Waals surface area contributed by atoms with Crippen LogP contribution in [0.3, 0.4) is 0 Å². The molecule has 0 unspecified atom stereocenters. The summed E-state index contributed by atoms with van der Waals surface area (Å²) in [6.45, 7) is 2.11. The second-order valence-electron chi connectivity index (χ2n) is 6.08. The normalized spacial score (nSPS) is 15.1. The molecule has 0 aromatic heterocycles. The van der Waals surface area contributed by atoms with Gasteiger partial charge in [-0.2, -0.15) is 0 Å². The van der Waals surface area contributed by atoms with Gasteiger partial charge in [0, 0.05) is 24.5 Å². The predicted molar refractivity (Wildman–Crippen MR) is 100 cm³/mol. The van der Waals surface area contributed by atoms with Gasteiger partial charge in [-0.3, -0.25) is 4.79 Å². The van der Waals surface area contributed by atoms with Gasteiger partial charge < -0.3 is 15.5 Å².